The Bertz CT molecular complexity index is 983. The summed E-state index contributed by atoms with van der Waals surface area (Å²) in [6, 6.07) is 6.47. The maximum absolute atomic E-state index is 13.0. The molecule has 30 heavy (non-hydrogen) atoms. The number of amides is 2. The summed E-state index contributed by atoms with van der Waals surface area (Å²) in [5.41, 5.74) is 2.29. The zero-order valence-corrected chi connectivity index (χ0v) is 18.3. The Hall–Kier alpha value is -2.80. The number of rotatable bonds is 5. The van der Waals surface area contributed by atoms with Gasteiger partial charge in [-0.05, 0) is 58.2 Å². The molecule has 1 atom stereocenters. The van der Waals surface area contributed by atoms with Crippen LogP contribution in [0.1, 0.15) is 58.8 Å². The van der Waals surface area contributed by atoms with Crippen LogP contribution in [0, 0.1) is 13.8 Å². The number of ether oxygens (including phenoxy) is 1. The van der Waals surface area contributed by atoms with Gasteiger partial charge in [0.05, 0.1) is 22.4 Å². The van der Waals surface area contributed by atoms with Crippen LogP contribution in [0.2, 0.25) is 5.02 Å². The lowest BCUT2D eigenvalue weighted by molar-refractivity contribution is -0.121. The fourth-order valence-electron chi connectivity index (χ4n) is 3.71. The predicted octanol–water partition coefficient (Wildman–Crippen LogP) is 3.78. The molecule has 1 aliphatic rings. The zero-order chi connectivity index (χ0) is 22.0. The number of aryl methyl sites for hydroxylation is 1. The quantitative estimate of drug-likeness (QED) is 0.705. The third-order valence-corrected chi connectivity index (χ3v) is 5.42. The molecule has 0 unspecified atom stereocenters. The number of aromatic nitrogens is 1. The van der Waals surface area contributed by atoms with Gasteiger partial charge < -0.3 is 19.9 Å². The lowest BCUT2D eigenvalue weighted by atomic mass is 10.0. The Balaban J connectivity index is 1.78. The van der Waals surface area contributed by atoms with Crippen molar-refractivity contribution in [3.63, 3.8) is 0 Å². The molecule has 7 nitrogen and oxygen atoms in total. The molecule has 2 amide bonds. The van der Waals surface area contributed by atoms with Crippen LogP contribution < -0.4 is 10.2 Å². The van der Waals surface area contributed by atoms with Crippen LogP contribution in [0.5, 0.6) is 0 Å². The molecule has 1 saturated heterocycles. The average Bonchev–Trinajstić information content (AvgIpc) is 2.98. The van der Waals surface area contributed by atoms with Crippen LogP contribution in [0.25, 0.3) is 0 Å². The molecule has 2 heterocycles. The lowest BCUT2D eigenvalue weighted by Gasteiger charge is -2.33. The summed E-state index contributed by atoms with van der Waals surface area (Å²) in [5, 5.41) is 3.30. The summed E-state index contributed by atoms with van der Waals surface area (Å²) >= 11 is 6.25. The number of para-hydroxylation sites is 1. The first kappa shape index (κ1) is 21.9. The van der Waals surface area contributed by atoms with Crippen LogP contribution in [0.4, 0.5) is 5.69 Å². The van der Waals surface area contributed by atoms with Gasteiger partial charge in [0.1, 0.15) is 11.7 Å². The van der Waals surface area contributed by atoms with Gasteiger partial charge in [-0.15, -0.1) is 0 Å². The number of carbonyl (C=O) groups is 3. The molecule has 1 aromatic heterocycles. The van der Waals surface area contributed by atoms with Crippen molar-refractivity contribution in [2.24, 2.45) is 0 Å². The molecule has 8 heteroatoms. The lowest BCUT2D eigenvalue weighted by Crippen LogP contribution is -2.52. The molecule has 0 radical (unpaired) electrons. The van der Waals surface area contributed by atoms with E-state index < -0.39 is 17.9 Å². The summed E-state index contributed by atoms with van der Waals surface area (Å²) in [6.45, 7) is 7.48. The molecule has 2 aromatic rings. The van der Waals surface area contributed by atoms with Crippen molar-refractivity contribution >= 4 is 35.1 Å². The minimum atomic E-state index is -0.670. The number of esters is 1. The van der Waals surface area contributed by atoms with Crippen LogP contribution >= 0.6 is 11.6 Å². The molecule has 1 fully saturated rings. The number of anilines is 1. The highest BCUT2D eigenvalue weighted by molar-refractivity contribution is 6.33. The normalized spacial score (nSPS) is 16.7. The second-order valence-corrected chi connectivity index (χ2v) is 8.10. The first-order valence-electron chi connectivity index (χ1n) is 9.97. The second kappa shape index (κ2) is 8.92. The van der Waals surface area contributed by atoms with E-state index in [2.05, 4.69) is 10.3 Å². The van der Waals surface area contributed by atoms with Gasteiger partial charge in [-0.3, -0.25) is 9.59 Å². The van der Waals surface area contributed by atoms with Crippen molar-refractivity contribution < 1.29 is 19.1 Å². The van der Waals surface area contributed by atoms with Crippen LogP contribution in [0.15, 0.2) is 24.3 Å². The van der Waals surface area contributed by atoms with Crippen LogP contribution in [-0.4, -0.2) is 41.5 Å². The van der Waals surface area contributed by atoms with Gasteiger partial charge in [0, 0.05) is 12.2 Å². The van der Waals surface area contributed by atoms with Gasteiger partial charge in [-0.2, -0.15) is 0 Å². The van der Waals surface area contributed by atoms with Crippen molar-refractivity contribution in [2.45, 2.75) is 52.7 Å². The van der Waals surface area contributed by atoms with E-state index in [9.17, 15) is 14.4 Å². The van der Waals surface area contributed by atoms with E-state index >= 15 is 0 Å². The maximum Gasteiger partial charge on any atom is 0.340 e. The number of piperidine rings is 1. The van der Waals surface area contributed by atoms with E-state index in [-0.39, 0.29) is 17.7 Å². The Morgan fingerprint density at radius 2 is 1.97 bits per heavy atom. The van der Waals surface area contributed by atoms with E-state index in [4.69, 9.17) is 16.3 Å². The molecule has 0 saturated carbocycles. The number of benzene rings is 1. The standard InChI is InChI=1S/C22H26ClN3O4/c1-12(2)30-22(29)18-13(3)19(24-14(18)4)20(27)25-16-9-7-11-26(21(16)28)17-10-6-5-8-15(17)23/h5-6,8,10,12,16,24H,7,9,11H2,1-4H3,(H,25,27)/t16-/m0/s1. The van der Waals surface area contributed by atoms with Gasteiger partial charge >= 0.3 is 5.97 Å². The highest BCUT2D eigenvalue weighted by Gasteiger charge is 2.33. The fourth-order valence-corrected chi connectivity index (χ4v) is 3.94. The van der Waals surface area contributed by atoms with Crippen molar-refractivity contribution in [2.75, 3.05) is 11.4 Å². The Labute approximate surface area is 180 Å². The molecule has 1 aliphatic heterocycles. The van der Waals surface area contributed by atoms with Gasteiger partial charge in [0.15, 0.2) is 0 Å². The third kappa shape index (κ3) is 4.36. The molecule has 0 aliphatic carbocycles. The molecule has 1 aromatic carbocycles. The van der Waals surface area contributed by atoms with Gasteiger partial charge in [0.2, 0.25) is 5.91 Å². The number of nitrogens with one attached hydrogen (secondary N) is 2. The first-order valence-corrected chi connectivity index (χ1v) is 10.4. The summed E-state index contributed by atoms with van der Waals surface area (Å²) in [7, 11) is 0. The summed E-state index contributed by atoms with van der Waals surface area (Å²) < 4.78 is 5.27. The van der Waals surface area contributed by atoms with E-state index in [0.29, 0.717) is 40.5 Å². The fraction of sp³-hybridized carbons (Fsp3) is 0.409. The van der Waals surface area contributed by atoms with E-state index in [1.165, 1.54) is 0 Å². The Morgan fingerprint density at radius 3 is 2.63 bits per heavy atom. The maximum atomic E-state index is 13.0. The van der Waals surface area contributed by atoms with E-state index in [1.807, 2.05) is 6.07 Å². The number of halogens is 1. The SMILES string of the molecule is Cc1[nH]c(C(=O)N[C@H]2CCCN(c3ccccc3Cl)C2=O)c(C)c1C(=O)OC(C)C. The number of aromatic amines is 1. The molecular formula is C22H26ClN3O4. The Kier molecular flexibility index (Phi) is 6.51. The van der Waals surface area contributed by atoms with Crippen LogP contribution in [0.3, 0.4) is 0 Å². The summed E-state index contributed by atoms with van der Waals surface area (Å²) in [4.78, 5) is 42.8. The molecule has 3 rings (SSSR count). The van der Waals surface area contributed by atoms with Crippen molar-refractivity contribution in [1.82, 2.24) is 10.3 Å². The molecular weight excluding hydrogens is 406 g/mol. The summed E-state index contributed by atoms with van der Waals surface area (Å²) in [6.07, 6.45) is 1.00. The zero-order valence-electron chi connectivity index (χ0n) is 17.5. The Morgan fingerprint density at radius 1 is 1.27 bits per heavy atom. The molecule has 160 valence electrons. The van der Waals surface area contributed by atoms with E-state index in [1.54, 1.807) is 50.8 Å². The molecule has 0 spiro atoms. The van der Waals surface area contributed by atoms with Crippen molar-refractivity contribution in [3.05, 3.63) is 51.8 Å². The number of carbonyl (C=O) groups excluding carboxylic acids is 3. The smallest absolute Gasteiger partial charge is 0.340 e. The number of nitrogens with zero attached hydrogens (tertiary/aromatic N) is 1. The van der Waals surface area contributed by atoms with Gasteiger partial charge in [-0.25, -0.2) is 4.79 Å². The number of hydrogen-bond acceptors (Lipinski definition) is 4. The molecule has 0 bridgehead atoms. The third-order valence-electron chi connectivity index (χ3n) is 5.10. The number of hydrogen-bond donors (Lipinski definition) is 2. The minimum absolute atomic E-state index is 0.205. The largest absolute Gasteiger partial charge is 0.459 e. The highest BCUT2D eigenvalue weighted by atomic mass is 35.5. The van der Waals surface area contributed by atoms with Crippen molar-refractivity contribution in [3.8, 4) is 0 Å². The minimum Gasteiger partial charge on any atom is -0.459 e. The second-order valence-electron chi connectivity index (χ2n) is 7.69. The monoisotopic (exact) mass is 431 g/mol. The first-order chi connectivity index (χ1) is 14.2. The molecule has 2 N–H and O–H groups in total. The predicted molar refractivity (Wildman–Crippen MR) is 115 cm³/mol. The highest BCUT2D eigenvalue weighted by Crippen LogP contribution is 2.29. The van der Waals surface area contributed by atoms with Gasteiger partial charge in [0.25, 0.3) is 5.91 Å². The summed E-state index contributed by atoms with van der Waals surface area (Å²) in [5.74, 6) is -1.12. The van der Waals surface area contributed by atoms with Crippen molar-refractivity contribution in [1.29, 1.82) is 0 Å². The average molecular weight is 432 g/mol. The van der Waals surface area contributed by atoms with Gasteiger partial charge in [-0.1, -0.05) is 23.7 Å². The number of H-pyrrole nitrogens is 1. The van der Waals surface area contributed by atoms with Crippen LogP contribution in [-0.2, 0) is 9.53 Å². The topological polar surface area (TPSA) is 91.5 Å². The van der Waals surface area contributed by atoms with E-state index in [0.717, 1.165) is 6.42 Å².